The summed E-state index contributed by atoms with van der Waals surface area (Å²) in [6.45, 7) is 6.40. The lowest BCUT2D eigenvalue weighted by molar-refractivity contribution is -0.152. The Morgan fingerprint density at radius 2 is 2.00 bits per heavy atom. The van der Waals surface area contributed by atoms with Crippen LogP contribution in [0.2, 0.25) is 0 Å². The highest BCUT2D eigenvalue weighted by Crippen LogP contribution is 2.35. The summed E-state index contributed by atoms with van der Waals surface area (Å²) in [7, 11) is 2.18. The Kier molecular flexibility index (Phi) is 3.44. The second-order valence-corrected chi connectivity index (χ2v) is 6.87. The Bertz CT molecular complexity index is 556. The van der Waals surface area contributed by atoms with Gasteiger partial charge < -0.3 is 14.5 Å². The van der Waals surface area contributed by atoms with Crippen molar-refractivity contribution in [3.63, 3.8) is 0 Å². The molecule has 1 spiro atoms. The number of carbonyl (C=O) groups excluding carboxylic acids is 1. The largest absolute Gasteiger partial charge is 0.378 e. The van der Waals surface area contributed by atoms with E-state index in [4.69, 9.17) is 4.74 Å². The molecule has 3 fully saturated rings. The van der Waals surface area contributed by atoms with E-state index < -0.39 is 0 Å². The molecular formula is C17H23N3O2. The highest BCUT2D eigenvalue weighted by atomic mass is 16.5. The summed E-state index contributed by atoms with van der Waals surface area (Å²) in [5.41, 5.74) is 0.923. The molecule has 0 bridgehead atoms. The van der Waals surface area contributed by atoms with Crippen LogP contribution < -0.4 is 0 Å². The zero-order chi connectivity index (χ0) is 15.2. The van der Waals surface area contributed by atoms with E-state index >= 15 is 0 Å². The third-order valence-corrected chi connectivity index (χ3v) is 5.20. The molecule has 1 aromatic carbocycles. The number of ether oxygens (including phenoxy) is 1. The van der Waals surface area contributed by atoms with Crippen LogP contribution in [0.3, 0.4) is 0 Å². The predicted octanol–water partition coefficient (Wildman–Crippen LogP) is 0.527. The van der Waals surface area contributed by atoms with Gasteiger partial charge in [-0.05, 0) is 19.2 Å². The molecule has 4 rings (SSSR count). The molecule has 0 aromatic heterocycles. The van der Waals surface area contributed by atoms with Gasteiger partial charge in [0.2, 0.25) is 0 Å². The highest BCUT2D eigenvalue weighted by molar-refractivity contribution is 5.95. The Morgan fingerprint density at radius 3 is 2.77 bits per heavy atom. The van der Waals surface area contributed by atoms with E-state index in [0.29, 0.717) is 6.04 Å². The number of hydrogen-bond donors (Lipinski definition) is 0. The maximum atomic E-state index is 12.6. The molecule has 0 aliphatic carbocycles. The van der Waals surface area contributed by atoms with Gasteiger partial charge in [0.25, 0.3) is 5.91 Å². The van der Waals surface area contributed by atoms with Crippen LogP contribution in [-0.4, -0.2) is 85.2 Å². The van der Waals surface area contributed by atoms with E-state index in [1.165, 1.54) is 0 Å². The van der Waals surface area contributed by atoms with Crippen LogP contribution in [0.15, 0.2) is 30.3 Å². The van der Waals surface area contributed by atoms with Crippen molar-refractivity contribution in [2.75, 3.05) is 53.0 Å². The Labute approximate surface area is 131 Å². The summed E-state index contributed by atoms with van der Waals surface area (Å²) in [5, 5.41) is 0. The van der Waals surface area contributed by atoms with E-state index in [1.54, 1.807) is 0 Å². The number of likely N-dealkylation sites (tertiary alicyclic amines) is 1. The van der Waals surface area contributed by atoms with Crippen LogP contribution in [0.5, 0.6) is 0 Å². The fourth-order valence-corrected chi connectivity index (χ4v) is 4.30. The van der Waals surface area contributed by atoms with Gasteiger partial charge in [0.15, 0.2) is 0 Å². The van der Waals surface area contributed by atoms with Gasteiger partial charge in [-0.15, -0.1) is 0 Å². The van der Waals surface area contributed by atoms with Gasteiger partial charge in [-0.25, -0.2) is 0 Å². The summed E-state index contributed by atoms with van der Waals surface area (Å²) in [6, 6.07) is 10.1. The van der Waals surface area contributed by atoms with Crippen LogP contribution in [0.1, 0.15) is 10.4 Å². The number of fused-ring (bicyclic) bond motifs is 2. The number of rotatable bonds is 1. The Morgan fingerprint density at radius 1 is 1.23 bits per heavy atom. The molecule has 1 amide bonds. The second-order valence-electron chi connectivity index (χ2n) is 6.87. The van der Waals surface area contributed by atoms with Crippen molar-refractivity contribution in [3.05, 3.63) is 35.9 Å². The summed E-state index contributed by atoms with van der Waals surface area (Å²) < 4.78 is 5.64. The van der Waals surface area contributed by atoms with Gasteiger partial charge in [-0.2, -0.15) is 0 Å². The number of nitrogens with zero attached hydrogens (tertiary/aromatic N) is 3. The summed E-state index contributed by atoms with van der Waals surface area (Å²) >= 11 is 0. The zero-order valence-corrected chi connectivity index (χ0v) is 13.1. The first-order chi connectivity index (χ1) is 10.7. The van der Waals surface area contributed by atoms with Crippen molar-refractivity contribution in [1.82, 2.24) is 14.7 Å². The molecule has 1 unspecified atom stereocenters. The van der Waals surface area contributed by atoms with Crippen LogP contribution in [0.25, 0.3) is 0 Å². The monoisotopic (exact) mass is 301 g/mol. The normalized spacial score (nSPS) is 28.2. The number of benzene rings is 1. The molecule has 3 aliphatic rings. The van der Waals surface area contributed by atoms with Gasteiger partial charge in [0.1, 0.15) is 0 Å². The van der Waals surface area contributed by atoms with Crippen molar-refractivity contribution < 1.29 is 9.53 Å². The molecule has 3 saturated heterocycles. The van der Waals surface area contributed by atoms with Gasteiger partial charge in [0.05, 0.1) is 18.8 Å². The van der Waals surface area contributed by atoms with Crippen molar-refractivity contribution in [1.29, 1.82) is 0 Å². The van der Waals surface area contributed by atoms with Gasteiger partial charge in [-0.3, -0.25) is 9.69 Å². The van der Waals surface area contributed by atoms with Crippen LogP contribution in [0.4, 0.5) is 0 Å². The lowest BCUT2D eigenvalue weighted by Gasteiger charge is -2.63. The van der Waals surface area contributed by atoms with Gasteiger partial charge in [-0.1, -0.05) is 18.2 Å². The standard InChI is InChI=1S/C17H23N3O2/c1-18-9-15-10-22-8-7-20(15)17(11-18)12-19(13-17)16(21)14-5-3-2-4-6-14/h2-6,15H,7-13H2,1H3. The second kappa shape index (κ2) is 5.33. The number of morpholine rings is 1. The first-order valence-electron chi connectivity index (χ1n) is 8.05. The van der Waals surface area contributed by atoms with Gasteiger partial charge >= 0.3 is 0 Å². The topological polar surface area (TPSA) is 36.0 Å². The molecule has 5 heteroatoms. The summed E-state index contributed by atoms with van der Waals surface area (Å²) in [5.74, 6) is 0.157. The number of carbonyl (C=O) groups is 1. The molecule has 22 heavy (non-hydrogen) atoms. The molecule has 0 N–H and O–H groups in total. The predicted molar refractivity (Wildman–Crippen MR) is 83.9 cm³/mol. The first-order valence-corrected chi connectivity index (χ1v) is 8.05. The van der Waals surface area contributed by atoms with E-state index in [9.17, 15) is 4.79 Å². The van der Waals surface area contributed by atoms with Crippen LogP contribution in [0, 0.1) is 0 Å². The Hall–Kier alpha value is -1.43. The molecule has 3 aliphatic heterocycles. The fraction of sp³-hybridized carbons (Fsp3) is 0.588. The number of likely N-dealkylation sites (N-methyl/N-ethyl adjacent to an activating group) is 1. The minimum atomic E-state index is 0.131. The molecular weight excluding hydrogens is 278 g/mol. The van der Waals surface area contributed by atoms with Gasteiger partial charge in [0, 0.05) is 44.3 Å². The number of amides is 1. The van der Waals surface area contributed by atoms with Crippen LogP contribution >= 0.6 is 0 Å². The fourth-order valence-electron chi connectivity index (χ4n) is 4.30. The third kappa shape index (κ3) is 2.24. The third-order valence-electron chi connectivity index (χ3n) is 5.20. The lowest BCUT2D eigenvalue weighted by atomic mass is 9.82. The quantitative estimate of drug-likeness (QED) is 0.758. The molecule has 0 radical (unpaired) electrons. The lowest BCUT2D eigenvalue weighted by Crippen LogP contribution is -2.80. The van der Waals surface area contributed by atoms with Crippen LogP contribution in [-0.2, 0) is 4.74 Å². The summed E-state index contributed by atoms with van der Waals surface area (Å²) in [6.07, 6.45) is 0. The van der Waals surface area contributed by atoms with E-state index in [2.05, 4.69) is 16.8 Å². The van der Waals surface area contributed by atoms with E-state index in [-0.39, 0.29) is 11.4 Å². The highest BCUT2D eigenvalue weighted by Gasteiger charge is 2.54. The maximum absolute atomic E-state index is 12.6. The molecule has 1 atom stereocenters. The first kappa shape index (κ1) is 14.2. The number of piperazine rings is 1. The van der Waals surface area contributed by atoms with Crippen molar-refractivity contribution in [2.24, 2.45) is 0 Å². The maximum Gasteiger partial charge on any atom is 0.253 e. The number of hydrogen-bond acceptors (Lipinski definition) is 4. The molecule has 118 valence electrons. The van der Waals surface area contributed by atoms with E-state index in [1.807, 2.05) is 35.2 Å². The molecule has 1 aromatic rings. The summed E-state index contributed by atoms with van der Waals surface area (Å²) in [4.78, 5) is 19.5. The smallest absolute Gasteiger partial charge is 0.253 e. The SMILES string of the molecule is CN1CC2COCCN2C2(C1)CN(C(=O)c1ccccc1)C2. The average molecular weight is 301 g/mol. The molecule has 0 saturated carbocycles. The minimum absolute atomic E-state index is 0.131. The average Bonchev–Trinajstić information content (AvgIpc) is 2.52. The molecule has 5 nitrogen and oxygen atoms in total. The van der Waals surface area contributed by atoms with Crippen molar-refractivity contribution in [2.45, 2.75) is 11.6 Å². The van der Waals surface area contributed by atoms with E-state index in [0.717, 1.165) is 51.5 Å². The minimum Gasteiger partial charge on any atom is -0.378 e. The van der Waals surface area contributed by atoms with Crippen molar-refractivity contribution in [3.8, 4) is 0 Å². The zero-order valence-electron chi connectivity index (χ0n) is 13.1. The Balaban J connectivity index is 1.49. The van der Waals surface area contributed by atoms with Crippen molar-refractivity contribution >= 4 is 5.91 Å². The molecule has 3 heterocycles.